The Morgan fingerprint density at radius 1 is 1.04 bits per heavy atom. The zero-order chi connectivity index (χ0) is 19.1. The Balaban J connectivity index is 1.52. The average molecular weight is 381 g/mol. The van der Waals surface area contributed by atoms with Crippen LogP contribution in [-0.2, 0) is 13.0 Å². The van der Waals surface area contributed by atoms with Crippen LogP contribution in [0.15, 0.2) is 67.0 Å². The van der Waals surface area contributed by atoms with Crippen molar-refractivity contribution in [3.63, 3.8) is 0 Å². The fourth-order valence-corrected chi connectivity index (χ4v) is 2.90. The minimum Gasteiger partial charge on any atom is -0.354 e. The number of aromatic nitrogens is 2. The molecule has 0 aliphatic carbocycles. The van der Waals surface area contributed by atoms with Gasteiger partial charge in [-0.2, -0.15) is 0 Å². The lowest BCUT2D eigenvalue weighted by Crippen LogP contribution is -2.26. The van der Waals surface area contributed by atoms with Gasteiger partial charge in [0.15, 0.2) is 0 Å². The Morgan fingerprint density at radius 3 is 2.44 bits per heavy atom. The van der Waals surface area contributed by atoms with Crippen molar-refractivity contribution in [1.82, 2.24) is 14.9 Å². The van der Waals surface area contributed by atoms with Gasteiger partial charge < -0.3 is 10.2 Å². The number of carbonyl (C=O) groups is 1. The number of hydrogen-bond donors (Lipinski definition) is 1. The average Bonchev–Trinajstić information content (AvgIpc) is 2.69. The summed E-state index contributed by atoms with van der Waals surface area (Å²) in [7, 11) is 1.77. The summed E-state index contributed by atoms with van der Waals surface area (Å²) >= 11 is 5.98. The molecule has 0 saturated heterocycles. The van der Waals surface area contributed by atoms with E-state index >= 15 is 0 Å². The van der Waals surface area contributed by atoms with E-state index in [0.717, 1.165) is 22.6 Å². The molecule has 0 aliphatic rings. The number of carbonyl (C=O) groups excluding carboxylic acids is 1. The van der Waals surface area contributed by atoms with Crippen molar-refractivity contribution in [3.8, 4) is 0 Å². The molecule has 0 aliphatic heterocycles. The summed E-state index contributed by atoms with van der Waals surface area (Å²) in [5, 5.41) is 3.89. The number of anilines is 1. The van der Waals surface area contributed by atoms with Crippen molar-refractivity contribution in [2.75, 3.05) is 18.9 Å². The highest BCUT2D eigenvalue weighted by Crippen LogP contribution is 2.12. The number of amides is 1. The van der Waals surface area contributed by atoms with Crippen molar-refractivity contribution < 1.29 is 4.79 Å². The Morgan fingerprint density at radius 2 is 1.74 bits per heavy atom. The van der Waals surface area contributed by atoms with Gasteiger partial charge in [-0.1, -0.05) is 54.1 Å². The second-order valence-electron chi connectivity index (χ2n) is 6.25. The number of hydrogen-bond acceptors (Lipinski definition) is 4. The van der Waals surface area contributed by atoms with Crippen LogP contribution in [0, 0.1) is 0 Å². The van der Waals surface area contributed by atoms with Crippen LogP contribution in [0.5, 0.6) is 0 Å². The number of halogens is 1. The lowest BCUT2D eigenvalue weighted by molar-refractivity contribution is 0.0784. The first-order chi connectivity index (χ1) is 13.1. The Hall–Kier alpha value is -2.92. The highest BCUT2D eigenvalue weighted by molar-refractivity contribution is 6.30. The van der Waals surface area contributed by atoms with Gasteiger partial charge in [-0.15, -0.1) is 0 Å². The molecule has 1 heterocycles. The van der Waals surface area contributed by atoms with E-state index in [1.54, 1.807) is 24.3 Å². The molecule has 3 aromatic rings. The van der Waals surface area contributed by atoms with Crippen LogP contribution in [0.25, 0.3) is 0 Å². The maximum atomic E-state index is 12.5. The first-order valence-electron chi connectivity index (χ1n) is 8.71. The Labute approximate surface area is 164 Å². The molecule has 2 aromatic carbocycles. The number of benzene rings is 2. The van der Waals surface area contributed by atoms with E-state index in [2.05, 4.69) is 15.3 Å². The second-order valence-corrected chi connectivity index (χ2v) is 6.69. The maximum Gasteiger partial charge on any atom is 0.257 e. The van der Waals surface area contributed by atoms with E-state index in [9.17, 15) is 4.79 Å². The quantitative estimate of drug-likeness (QED) is 0.671. The van der Waals surface area contributed by atoms with Crippen LogP contribution >= 0.6 is 11.6 Å². The van der Waals surface area contributed by atoms with Gasteiger partial charge in [-0.05, 0) is 29.7 Å². The summed E-state index contributed by atoms with van der Waals surface area (Å²) in [6.45, 7) is 1.22. The van der Waals surface area contributed by atoms with Gasteiger partial charge in [0, 0.05) is 37.6 Å². The third-order valence-electron chi connectivity index (χ3n) is 4.09. The van der Waals surface area contributed by atoms with Crippen LogP contribution in [0.1, 0.15) is 21.5 Å². The van der Waals surface area contributed by atoms with Crippen LogP contribution < -0.4 is 5.32 Å². The molecule has 0 saturated carbocycles. The summed E-state index contributed by atoms with van der Waals surface area (Å²) < 4.78 is 0. The molecule has 1 aromatic heterocycles. The summed E-state index contributed by atoms with van der Waals surface area (Å²) in [6, 6.07) is 17.6. The summed E-state index contributed by atoms with van der Waals surface area (Å²) in [5.74, 6) is 0.392. The van der Waals surface area contributed by atoms with Gasteiger partial charge in [0.05, 0.1) is 5.56 Å². The highest BCUT2D eigenvalue weighted by atomic mass is 35.5. The molecule has 0 unspecified atom stereocenters. The number of nitrogens with one attached hydrogen (secondary N) is 1. The largest absolute Gasteiger partial charge is 0.354 e. The van der Waals surface area contributed by atoms with Gasteiger partial charge in [-0.3, -0.25) is 4.79 Å². The van der Waals surface area contributed by atoms with Crippen molar-refractivity contribution >= 4 is 23.5 Å². The molecule has 1 N–H and O–H groups in total. The normalized spacial score (nSPS) is 10.4. The standard InChI is InChI=1S/C21H21ClN4O/c1-26(15-17-6-3-2-4-7-17)20(27)18-13-24-21(25-14-18)23-11-10-16-8-5-9-19(22)12-16/h2-9,12-14H,10-11,15H2,1H3,(H,23,24,25). The lowest BCUT2D eigenvalue weighted by Gasteiger charge is -2.17. The molecular formula is C21H21ClN4O. The first kappa shape index (κ1) is 18.9. The van der Waals surface area contributed by atoms with E-state index in [-0.39, 0.29) is 5.91 Å². The molecule has 0 atom stereocenters. The molecule has 27 heavy (non-hydrogen) atoms. The molecule has 1 amide bonds. The topological polar surface area (TPSA) is 58.1 Å². The van der Waals surface area contributed by atoms with Gasteiger partial charge in [0.1, 0.15) is 0 Å². The van der Waals surface area contributed by atoms with E-state index < -0.39 is 0 Å². The third-order valence-corrected chi connectivity index (χ3v) is 4.33. The van der Waals surface area contributed by atoms with Crippen molar-refractivity contribution in [1.29, 1.82) is 0 Å². The predicted octanol–water partition coefficient (Wildman–Crippen LogP) is 4.06. The molecule has 6 heteroatoms. The van der Waals surface area contributed by atoms with Crippen LogP contribution in [0.2, 0.25) is 5.02 Å². The first-order valence-corrected chi connectivity index (χ1v) is 9.09. The molecular weight excluding hydrogens is 360 g/mol. The predicted molar refractivity (Wildman–Crippen MR) is 108 cm³/mol. The van der Waals surface area contributed by atoms with Gasteiger partial charge in [0.2, 0.25) is 5.95 Å². The summed E-state index contributed by atoms with van der Waals surface area (Å²) in [6.07, 6.45) is 3.92. The molecule has 0 fully saturated rings. The molecule has 3 rings (SSSR count). The molecule has 0 radical (unpaired) electrons. The van der Waals surface area contributed by atoms with E-state index in [1.165, 1.54) is 0 Å². The van der Waals surface area contributed by atoms with Gasteiger partial charge in [-0.25, -0.2) is 9.97 Å². The Kier molecular flexibility index (Phi) is 6.39. The number of nitrogens with zero attached hydrogens (tertiary/aromatic N) is 3. The SMILES string of the molecule is CN(Cc1ccccc1)C(=O)c1cnc(NCCc2cccc(Cl)c2)nc1. The van der Waals surface area contributed by atoms with Crippen molar-refractivity contribution in [2.45, 2.75) is 13.0 Å². The zero-order valence-electron chi connectivity index (χ0n) is 15.1. The molecule has 0 bridgehead atoms. The zero-order valence-corrected chi connectivity index (χ0v) is 15.9. The van der Waals surface area contributed by atoms with Crippen LogP contribution in [0.3, 0.4) is 0 Å². The van der Waals surface area contributed by atoms with Crippen molar-refractivity contribution in [3.05, 3.63) is 88.7 Å². The minimum atomic E-state index is -0.107. The third kappa shape index (κ3) is 5.53. The second kappa shape index (κ2) is 9.14. The molecule has 0 spiro atoms. The smallest absolute Gasteiger partial charge is 0.257 e. The van der Waals surface area contributed by atoms with E-state index in [1.807, 2.05) is 54.6 Å². The summed E-state index contributed by atoms with van der Waals surface area (Å²) in [4.78, 5) is 22.6. The fraction of sp³-hybridized carbons (Fsp3) is 0.190. The highest BCUT2D eigenvalue weighted by Gasteiger charge is 2.13. The fourth-order valence-electron chi connectivity index (χ4n) is 2.69. The minimum absolute atomic E-state index is 0.107. The molecule has 138 valence electrons. The number of rotatable bonds is 7. The maximum absolute atomic E-state index is 12.5. The van der Waals surface area contributed by atoms with E-state index in [4.69, 9.17) is 11.6 Å². The van der Waals surface area contributed by atoms with Gasteiger partial charge >= 0.3 is 0 Å². The summed E-state index contributed by atoms with van der Waals surface area (Å²) in [5.41, 5.74) is 2.69. The molecule has 5 nitrogen and oxygen atoms in total. The Bertz CT molecular complexity index is 884. The lowest BCUT2D eigenvalue weighted by atomic mass is 10.1. The van der Waals surface area contributed by atoms with Crippen LogP contribution in [-0.4, -0.2) is 34.4 Å². The monoisotopic (exact) mass is 380 g/mol. The van der Waals surface area contributed by atoms with Gasteiger partial charge in [0.25, 0.3) is 5.91 Å². The van der Waals surface area contributed by atoms with E-state index in [0.29, 0.717) is 24.6 Å². The van der Waals surface area contributed by atoms with Crippen LogP contribution in [0.4, 0.5) is 5.95 Å². The van der Waals surface area contributed by atoms with Crippen molar-refractivity contribution in [2.24, 2.45) is 0 Å².